The Morgan fingerprint density at radius 3 is 2.42 bits per heavy atom. The van der Waals surface area contributed by atoms with Gasteiger partial charge < -0.3 is 20.1 Å². The minimum absolute atomic E-state index is 0.117. The maximum atomic E-state index is 13.2. The lowest BCUT2D eigenvalue weighted by molar-refractivity contribution is -0.118. The number of benzene rings is 3. The molecule has 0 aliphatic rings. The minimum Gasteiger partial charge on any atom is -0.484 e. The molecule has 0 radical (unpaired) electrons. The van der Waals surface area contributed by atoms with Gasteiger partial charge in [-0.05, 0) is 56.7 Å². The summed E-state index contributed by atoms with van der Waals surface area (Å²) in [6.07, 6.45) is 0. The number of rotatable bonds is 11. The molecule has 7 nitrogen and oxygen atoms in total. The molecular weight excluding hydrogens is 544 g/mol. The number of para-hydroxylation sites is 1. The van der Waals surface area contributed by atoms with Crippen LogP contribution in [-0.4, -0.2) is 36.2 Å². The summed E-state index contributed by atoms with van der Waals surface area (Å²) >= 11 is 2.64. The number of ether oxygens (including phenoxy) is 2. The highest BCUT2D eigenvalue weighted by molar-refractivity contribution is 8.00. The second kappa shape index (κ2) is 13.8. The number of thioether (sulfide) groups is 1. The number of thiophene rings is 1. The van der Waals surface area contributed by atoms with E-state index in [4.69, 9.17) is 9.47 Å². The van der Waals surface area contributed by atoms with Crippen molar-refractivity contribution in [2.75, 3.05) is 23.8 Å². The lowest BCUT2D eigenvalue weighted by Crippen LogP contribution is -2.23. The molecule has 0 saturated carbocycles. The van der Waals surface area contributed by atoms with Crippen LogP contribution in [0.15, 0.2) is 89.1 Å². The van der Waals surface area contributed by atoms with E-state index in [-0.39, 0.29) is 25.0 Å². The molecule has 0 fully saturated rings. The van der Waals surface area contributed by atoms with E-state index in [1.165, 1.54) is 23.1 Å². The number of hydrogen-bond donors (Lipinski definition) is 2. The van der Waals surface area contributed by atoms with E-state index in [0.717, 1.165) is 21.6 Å². The highest BCUT2D eigenvalue weighted by Crippen LogP contribution is 2.37. The molecule has 206 valence electrons. The van der Waals surface area contributed by atoms with Gasteiger partial charge in [0.15, 0.2) is 6.61 Å². The molecule has 0 aliphatic carbocycles. The predicted molar refractivity (Wildman–Crippen MR) is 161 cm³/mol. The van der Waals surface area contributed by atoms with Gasteiger partial charge in [0.05, 0.1) is 11.9 Å². The van der Waals surface area contributed by atoms with Crippen molar-refractivity contribution in [3.8, 4) is 16.9 Å². The van der Waals surface area contributed by atoms with E-state index in [1.54, 1.807) is 38.1 Å². The van der Waals surface area contributed by atoms with E-state index < -0.39 is 11.2 Å². The standard InChI is InChI=1S/C31H30N2O5S2/c1-4-37-31(36)28-26(22-15-13-20(2)14-16-22)19-39-30(28)33-29(35)21(3)40-25-12-8-9-23(17-25)32-27(34)18-38-24-10-6-5-7-11-24/h5-17,19,21H,4,18H2,1-3H3,(H,32,34)(H,33,35). The van der Waals surface area contributed by atoms with E-state index >= 15 is 0 Å². The molecule has 1 heterocycles. The van der Waals surface area contributed by atoms with Gasteiger partial charge in [-0.25, -0.2) is 4.79 Å². The van der Waals surface area contributed by atoms with Crippen LogP contribution in [0.2, 0.25) is 0 Å². The second-order valence-corrected chi connectivity index (χ2v) is 11.2. The number of nitrogens with one attached hydrogen (secondary N) is 2. The zero-order valence-electron chi connectivity index (χ0n) is 22.4. The molecule has 0 spiro atoms. The largest absolute Gasteiger partial charge is 0.484 e. The van der Waals surface area contributed by atoms with Gasteiger partial charge >= 0.3 is 5.97 Å². The van der Waals surface area contributed by atoms with Crippen LogP contribution in [0, 0.1) is 6.92 Å². The molecule has 2 N–H and O–H groups in total. The molecule has 9 heteroatoms. The summed E-state index contributed by atoms with van der Waals surface area (Å²) in [7, 11) is 0. The van der Waals surface area contributed by atoms with Crippen LogP contribution in [0.5, 0.6) is 5.75 Å². The molecule has 0 saturated heterocycles. The van der Waals surface area contributed by atoms with Crippen molar-refractivity contribution >= 4 is 51.6 Å². The summed E-state index contributed by atoms with van der Waals surface area (Å²) in [5, 5.41) is 7.57. The summed E-state index contributed by atoms with van der Waals surface area (Å²) in [4.78, 5) is 39.2. The molecule has 3 aromatic carbocycles. The van der Waals surface area contributed by atoms with Gasteiger partial charge in [-0.3, -0.25) is 9.59 Å². The van der Waals surface area contributed by atoms with Crippen LogP contribution in [0.25, 0.3) is 11.1 Å². The smallest absolute Gasteiger partial charge is 0.341 e. The number of aryl methyl sites for hydroxylation is 1. The van der Waals surface area contributed by atoms with Gasteiger partial charge in [0.2, 0.25) is 5.91 Å². The van der Waals surface area contributed by atoms with Gasteiger partial charge in [0.1, 0.15) is 16.3 Å². The molecule has 1 unspecified atom stereocenters. The van der Waals surface area contributed by atoms with Crippen molar-refractivity contribution in [1.82, 2.24) is 0 Å². The Labute approximate surface area is 241 Å². The molecule has 1 atom stereocenters. The number of esters is 1. The molecule has 0 bridgehead atoms. The van der Waals surface area contributed by atoms with Crippen LogP contribution in [-0.2, 0) is 14.3 Å². The molecule has 4 aromatic rings. The van der Waals surface area contributed by atoms with Crippen molar-refractivity contribution in [3.63, 3.8) is 0 Å². The number of carbonyl (C=O) groups is 3. The first-order chi connectivity index (χ1) is 19.3. The van der Waals surface area contributed by atoms with Crippen LogP contribution >= 0.6 is 23.1 Å². The van der Waals surface area contributed by atoms with Crippen molar-refractivity contribution in [2.24, 2.45) is 0 Å². The summed E-state index contributed by atoms with van der Waals surface area (Å²) in [5.41, 5.74) is 3.66. The van der Waals surface area contributed by atoms with Crippen molar-refractivity contribution in [2.45, 2.75) is 30.9 Å². The average molecular weight is 575 g/mol. The van der Waals surface area contributed by atoms with Crippen LogP contribution in [0.1, 0.15) is 29.8 Å². The Morgan fingerprint density at radius 2 is 1.70 bits per heavy atom. The number of carbonyl (C=O) groups excluding carboxylic acids is 3. The topological polar surface area (TPSA) is 93.7 Å². The van der Waals surface area contributed by atoms with Crippen molar-refractivity contribution in [1.29, 1.82) is 0 Å². The van der Waals surface area contributed by atoms with Gasteiger partial charge in [-0.2, -0.15) is 0 Å². The number of anilines is 2. The lowest BCUT2D eigenvalue weighted by Gasteiger charge is -2.14. The summed E-state index contributed by atoms with van der Waals surface area (Å²) in [6.45, 7) is 5.65. The SMILES string of the molecule is CCOC(=O)c1c(-c2ccc(C)cc2)csc1NC(=O)C(C)Sc1cccc(NC(=O)COc2ccccc2)c1. The van der Waals surface area contributed by atoms with Crippen LogP contribution in [0.4, 0.5) is 10.7 Å². The summed E-state index contributed by atoms with van der Waals surface area (Å²) < 4.78 is 10.8. The second-order valence-electron chi connectivity index (χ2n) is 8.87. The fourth-order valence-electron chi connectivity index (χ4n) is 3.78. The summed E-state index contributed by atoms with van der Waals surface area (Å²) in [6, 6.07) is 24.2. The van der Waals surface area contributed by atoms with Gasteiger partial charge in [-0.1, -0.05) is 54.1 Å². The van der Waals surface area contributed by atoms with Crippen LogP contribution < -0.4 is 15.4 Å². The van der Waals surface area contributed by atoms with E-state index in [0.29, 0.717) is 22.0 Å². The molecule has 0 aliphatic heterocycles. The highest BCUT2D eigenvalue weighted by Gasteiger charge is 2.24. The van der Waals surface area contributed by atoms with Gasteiger partial charge in [0.25, 0.3) is 5.91 Å². The maximum absolute atomic E-state index is 13.2. The molecule has 2 amide bonds. The van der Waals surface area contributed by atoms with Crippen molar-refractivity contribution in [3.05, 3.63) is 95.4 Å². The third kappa shape index (κ3) is 7.74. The fraction of sp³-hybridized carbons (Fsp3) is 0.194. The van der Waals surface area contributed by atoms with Gasteiger partial charge in [-0.15, -0.1) is 23.1 Å². The Balaban J connectivity index is 1.40. The van der Waals surface area contributed by atoms with Crippen LogP contribution in [0.3, 0.4) is 0 Å². The third-order valence-electron chi connectivity index (χ3n) is 5.78. The zero-order chi connectivity index (χ0) is 28.5. The predicted octanol–water partition coefficient (Wildman–Crippen LogP) is 7.04. The Morgan fingerprint density at radius 1 is 0.950 bits per heavy atom. The first kappa shape index (κ1) is 28.9. The summed E-state index contributed by atoms with van der Waals surface area (Å²) in [5.74, 6) is -0.400. The van der Waals surface area contributed by atoms with Gasteiger partial charge in [0, 0.05) is 21.5 Å². The number of hydrogen-bond acceptors (Lipinski definition) is 7. The Kier molecular flexibility index (Phi) is 9.99. The van der Waals surface area contributed by atoms with E-state index in [1.807, 2.05) is 66.9 Å². The Hall–Kier alpha value is -4.08. The lowest BCUT2D eigenvalue weighted by atomic mass is 10.0. The quantitative estimate of drug-likeness (QED) is 0.147. The van der Waals surface area contributed by atoms with E-state index in [2.05, 4.69) is 10.6 Å². The molecule has 1 aromatic heterocycles. The van der Waals surface area contributed by atoms with E-state index in [9.17, 15) is 14.4 Å². The molecular formula is C31H30N2O5S2. The Bertz CT molecular complexity index is 1470. The first-order valence-corrected chi connectivity index (χ1v) is 14.5. The normalized spacial score (nSPS) is 11.4. The highest BCUT2D eigenvalue weighted by atomic mass is 32.2. The maximum Gasteiger partial charge on any atom is 0.341 e. The van der Waals surface area contributed by atoms with Crippen molar-refractivity contribution < 1.29 is 23.9 Å². The number of amides is 2. The zero-order valence-corrected chi connectivity index (χ0v) is 24.1. The molecule has 4 rings (SSSR count). The molecule has 40 heavy (non-hydrogen) atoms. The average Bonchev–Trinajstić information content (AvgIpc) is 3.36. The fourth-order valence-corrected chi connectivity index (χ4v) is 5.67. The third-order valence-corrected chi connectivity index (χ3v) is 7.77. The monoisotopic (exact) mass is 574 g/mol. The minimum atomic E-state index is -0.479. The first-order valence-electron chi connectivity index (χ1n) is 12.7.